The Morgan fingerprint density at radius 3 is 3.06 bits per heavy atom. The smallest absolute Gasteiger partial charge is 0.251 e. The van der Waals surface area contributed by atoms with E-state index in [0.717, 1.165) is 17.0 Å². The zero-order chi connectivity index (χ0) is 12.8. The minimum Gasteiger partial charge on any atom is -0.352 e. The van der Waals surface area contributed by atoms with Crippen LogP contribution >= 0.6 is 22.9 Å². The molecule has 18 heavy (non-hydrogen) atoms. The third-order valence-electron chi connectivity index (χ3n) is 2.45. The van der Waals surface area contributed by atoms with Crippen LogP contribution in [-0.4, -0.2) is 17.4 Å². The van der Waals surface area contributed by atoms with Crippen LogP contribution in [0.1, 0.15) is 20.9 Å². The zero-order valence-electron chi connectivity index (χ0n) is 9.73. The van der Waals surface area contributed by atoms with E-state index in [0.29, 0.717) is 18.0 Å². The van der Waals surface area contributed by atoms with E-state index in [1.165, 1.54) is 0 Å². The zero-order valence-corrected chi connectivity index (χ0v) is 11.3. The van der Waals surface area contributed by atoms with Crippen LogP contribution in [0.3, 0.4) is 0 Å². The highest BCUT2D eigenvalue weighted by Crippen LogP contribution is 2.08. The number of alkyl halides is 1. The van der Waals surface area contributed by atoms with E-state index in [1.807, 2.05) is 23.6 Å². The summed E-state index contributed by atoms with van der Waals surface area (Å²) in [5.41, 5.74) is 1.59. The third kappa shape index (κ3) is 3.55. The molecule has 0 spiro atoms. The van der Waals surface area contributed by atoms with E-state index in [2.05, 4.69) is 10.3 Å². The van der Waals surface area contributed by atoms with Gasteiger partial charge in [-0.1, -0.05) is 12.1 Å². The second-order valence-corrected chi connectivity index (χ2v) is 5.01. The normalized spacial score (nSPS) is 10.3. The van der Waals surface area contributed by atoms with Gasteiger partial charge in [-0.2, -0.15) is 0 Å². The Hall–Kier alpha value is -1.39. The Balaban J connectivity index is 1.87. The molecule has 2 aromatic rings. The van der Waals surface area contributed by atoms with Crippen molar-refractivity contribution < 1.29 is 4.79 Å². The molecule has 1 heterocycles. The van der Waals surface area contributed by atoms with Crippen molar-refractivity contribution in [2.24, 2.45) is 0 Å². The number of hydrogen-bond donors (Lipinski definition) is 1. The fraction of sp³-hybridized carbons (Fsp3) is 0.231. The minimum absolute atomic E-state index is 0.0708. The highest BCUT2D eigenvalue weighted by atomic mass is 35.5. The average Bonchev–Trinajstić information content (AvgIpc) is 2.92. The lowest BCUT2D eigenvalue weighted by atomic mass is 10.1. The van der Waals surface area contributed by atoms with Crippen LogP contribution in [-0.2, 0) is 12.3 Å². The molecule has 5 heteroatoms. The molecule has 2 rings (SSSR count). The van der Waals surface area contributed by atoms with Crippen molar-refractivity contribution in [3.8, 4) is 0 Å². The van der Waals surface area contributed by atoms with Gasteiger partial charge in [-0.25, -0.2) is 4.98 Å². The second-order valence-electron chi connectivity index (χ2n) is 3.77. The molecule has 0 bridgehead atoms. The van der Waals surface area contributed by atoms with Gasteiger partial charge in [-0.3, -0.25) is 4.79 Å². The monoisotopic (exact) mass is 280 g/mol. The lowest BCUT2D eigenvalue weighted by Gasteiger charge is -2.05. The molecule has 1 aromatic carbocycles. The topological polar surface area (TPSA) is 42.0 Å². The van der Waals surface area contributed by atoms with E-state index in [-0.39, 0.29) is 5.91 Å². The van der Waals surface area contributed by atoms with Crippen LogP contribution in [0.25, 0.3) is 0 Å². The molecular weight excluding hydrogens is 268 g/mol. The highest BCUT2D eigenvalue weighted by Gasteiger charge is 2.05. The van der Waals surface area contributed by atoms with E-state index < -0.39 is 0 Å². The van der Waals surface area contributed by atoms with Crippen molar-refractivity contribution in [2.75, 3.05) is 6.54 Å². The lowest BCUT2D eigenvalue weighted by Crippen LogP contribution is -2.25. The molecule has 0 saturated heterocycles. The maximum absolute atomic E-state index is 11.9. The number of hydrogen-bond acceptors (Lipinski definition) is 3. The van der Waals surface area contributed by atoms with Crippen LogP contribution in [0, 0.1) is 0 Å². The third-order valence-corrected chi connectivity index (χ3v) is 3.60. The van der Waals surface area contributed by atoms with Crippen molar-refractivity contribution >= 4 is 28.8 Å². The van der Waals surface area contributed by atoms with E-state index in [9.17, 15) is 4.79 Å². The number of halogens is 1. The first-order valence-corrected chi connectivity index (χ1v) is 7.02. The van der Waals surface area contributed by atoms with Gasteiger partial charge in [0.2, 0.25) is 0 Å². The summed E-state index contributed by atoms with van der Waals surface area (Å²) in [4.78, 5) is 16.0. The van der Waals surface area contributed by atoms with Gasteiger partial charge in [0.1, 0.15) is 0 Å². The van der Waals surface area contributed by atoms with Crippen LogP contribution in [0.2, 0.25) is 0 Å². The number of amides is 1. The van der Waals surface area contributed by atoms with E-state index >= 15 is 0 Å². The molecular formula is C13H13ClN2OS. The van der Waals surface area contributed by atoms with Gasteiger partial charge in [-0.05, 0) is 17.7 Å². The number of aromatic nitrogens is 1. The summed E-state index contributed by atoms with van der Waals surface area (Å²) in [5.74, 6) is 0.346. The van der Waals surface area contributed by atoms with Gasteiger partial charge in [-0.15, -0.1) is 22.9 Å². The van der Waals surface area contributed by atoms with Crippen molar-refractivity contribution in [2.45, 2.75) is 12.3 Å². The number of benzene rings is 1. The molecule has 1 amide bonds. The van der Waals surface area contributed by atoms with E-state index in [1.54, 1.807) is 23.6 Å². The first-order valence-electron chi connectivity index (χ1n) is 5.61. The Morgan fingerprint density at radius 1 is 1.44 bits per heavy atom. The molecule has 0 aliphatic carbocycles. The number of carbonyl (C=O) groups excluding carboxylic acids is 1. The molecule has 0 aliphatic heterocycles. The molecule has 3 nitrogen and oxygen atoms in total. The average molecular weight is 281 g/mol. The van der Waals surface area contributed by atoms with Crippen LogP contribution in [0.15, 0.2) is 35.8 Å². The number of rotatable bonds is 5. The number of nitrogens with zero attached hydrogens (tertiary/aromatic N) is 1. The molecule has 1 N–H and O–H groups in total. The van der Waals surface area contributed by atoms with Crippen molar-refractivity contribution in [3.63, 3.8) is 0 Å². The summed E-state index contributed by atoms with van der Waals surface area (Å²) in [5, 5.41) is 5.84. The minimum atomic E-state index is -0.0708. The van der Waals surface area contributed by atoms with Crippen LogP contribution in [0.4, 0.5) is 0 Å². The number of carbonyl (C=O) groups is 1. The van der Waals surface area contributed by atoms with Crippen LogP contribution < -0.4 is 5.32 Å². The van der Waals surface area contributed by atoms with Gasteiger partial charge in [0.25, 0.3) is 5.91 Å². The highest BCUT2D eigenvalue weighted by molar-refractivity contribution is 7.09. The summed E-state index contributed by atoms with van der Waals surface area (Å²) in [6.45, 7) is 0.595. The maximum atomic E-state index is 11.9. The molecule has 0 atom stereocenters. The fourth-order valence-corrected chi connectivity index (χ4v) is 2.34. The second kappa shape index (κ2) is 6.52. The van der Waals surface area contributed by atoms with Gasteiger partial charge in [0.15, 0.2) is 0 Å². The van der Waals surface area contributed by atoms with Gasteiger partial charge in [0.05, 0.1) is 5.01 Å². The molecule has 0 aliphatic rings. The van der Waals surface area contributed by atoms with E-state index in [4.69, 9.17) is 11.6 Å². The predicted molar refractivity (Wildman–Crippen MR) is 74.2 cm³/mol. The summed E-state index contributed by atoms with van der Waals surface area (Å²) in [6.07, 6.45) is 2.53. The summed E-state index contributed by atoms with van der Waals surface area (Å²) >= 11 is 7.33. The van der Waals surface area contributed by atoms with Crippen molar-refractivity contribution in [3.05, 3.63) is 52.0 Å². The molecule has 94 valence electrons. The lowest BCUT2D eigenvalue weighted by molar-refractivity contribution is 0.0954. The summed E-state index contributed by atoms with van der Waals surface area (Å²) in [7, 11) is 0. The Bertz CT molecular complexity index is 513. The standard InChI is InChI=1S/C13H13ClN2OS/c14-9-10-2-1-3-11(8-10)13(17)16-5-4-12-15-6-7-18-12/h1-3,6-8H,4-5,9H2,(H,16,17). The van der Waals surface area contributed by atoms with Gasteiger partial charge in [0, 0.05) is 36.0 Å². The van der Waals surface area contributed by atoms with Gasteiger partial charge < -0.3 is 5.32 Å². The van der Waals surface area contributed by atoms with Crippen LogP contribution in [0.5, 0.6) is 0 Å². The first kappa shape index (κ1) is 13.1. The summed E-state index contributed by atoms with van der Waals surface area (Å²) in [6, 6.07) is 7.34. The predicted octanol–water partition coefficient (Wildman–Crippen LogP) is 2.85. The molecule has 0 unspecified atom stereocenters. The summed E-state index contributed by atoms with van der Waals surface area (Å²) < 4.78 is 0. The number of nitrogens with one attached hydrogen (secondary N) is 1. The van der Waals surface area contributed by atoms with Crippen molar-refractivity contribution in [1.29, 1.82) is 0 Å². The SMILES string of the molecule is O=C(NCCc1nccs1)c1cccc(CCl)c1. The van der Waals surface area contributed by atoms with Crippen molar-refractivity contribution in [1.82, 2.24) is 10.3 Å². The van der Waals surface area contributed by atoms with Gasteiger partial charge >= 0.3 is 0 Å². The Morgan fingerprint density at radius 2 is 2.33 bits per heavy atom. The molecule has 0 fully saturated rings. The number of thiazole rings is 1. The molecule has 0 saturated carbocycles. The Labute approximate surface area is 115 Å². The maximum Gasteiger partial charge on any atom is 0.251 e. The largest absolute Gasteiger partial charge is 0.352 e. The quantitative estimate of drug-likeness (QED) is 0.856. The molecule has 1 aromatic heterocycles. The first-order chi connectivity index (χ1) is 8.79. The Kier molecular flexibility index (Phi) is 4.73. The fourth-order valence-electron chi connectivity index (χ4n) is 1.56. The molecule has 0 radical (unpaired) electrons.